The number of hydrogen-bond acceptors (Lipinski definition) is 2. The molecule has 3 nitrogen and oxygen atoms in total. The molecule has 0 bridgehead atoms. The van der Waals surface area contributed by atoms with Crippen molar-refractivity contribution in [1.82, 2.24) is 9.88 Å². The number of carbonyl (C=O) groups is 1. The smallest absolute Gasteiger partial charge is 0.210 e. The number of amides is 1. The summed E-state index contributed by atoms with van der Waals surface area (Å²) in [6, 6.07) is 6.06. The van der Waals surface area contributed by atoms with Crippen molar-refractivity contribution in [3.8, 4) is 0 Å². The lowest BCUT2D eigenvalue weighted by molar-refractivity contribution is -0.121. The minimum Gasteiger partial charge on any atom is -0.337 e. The second-order valence-corrected chi connectivity index (χ2v) is 3.61. The molecule has 1 aromatic heterocycles. The predicted molar refractivity (Wildman–Crippen MR) is 53.6 cm³/mol. The lowest BCUT2D eigenvalue weighted by Crippen LogP contribution is -2.32. The highest BCUT2D eigenvalue weighted by atomic mass is 16.1. The Labute approximate surface area is 83.8 Å². The van der Waals surface area contributed by atoms with E-state index in [4.69, 9.17) is 0 Å². The summed E-state index contributed by atoms with van der Waals surface area (Å²) in [6.07, 6.45) is 6.06. The van der Waals surface area contributed by atoms with Crippen molar-refractivity contribution in [2.24, 2.45) is 0 Å². The average Bonchev–Trinajstić information content (AvgIpc) is 2.30. The first-order chi connectivity index (χ1) is 6.92. The van der Waals surface area contributed by atoms with Gasteiger partial charge >= 0.3 is 0 Å². The van der Waals surface area contributed by atoms with Crippen LogP contribution in [0.1, 0.15) is 31.0 Å². The summed E-state index contributed by atoms with van der Waals surface area (Å²) in [7, 11) is 0. The van der Waals surface area contributed by atoms with E-state index in [0.717, 1.165) is 31.5 Å². The van der Waals surface area contributed by atoms with Gasteiger partial charge in [0.1, 0.15) is 0 Å². The van der Waals surface area contributed by atoms with Crippen LogP contribution in [0.4, 0.5) is 0 Å². The Hall–Kier alpha value is -1.38. The van der Waals surface area contributed by atoms with Gasteiger partial charge in [-0.25, -0.2) is 0 Å². The monoisotopic (exact) mass is 190 g/mol. The van der Waals surface area contributed by atoms with Crippen molar-refractivity contribution in [2.45, 2.75) is 25.3 Å². The van der Waals surface area contributed by atoms with Crippen LogP contribution in [0.25, 0.3) is 0 Å². The summed E-state index contributed by atoms with van der Waals surface area (Å²) < 4.78 is 0. The second-order valence-electron chi connectivity index (χ2n) is 3.61. The minimum atomic E-state index is 0.197. The molecule has 2 rings (SSSR count). The van der Waals surface area contributed by atoms with Gasteiger partial charge in [0.05, 0.1) is 11.7 Å². The van der Waals surface area contributed by atoms with E-state index in [2.05, 4.69) is 4.98 Å². The van der Waals surface area contributed by atoms with E-state index < -0.39 is 0 Å². The fourth-order valence-electron chi connectivity index (χ4n) is 1.97. The molecule has 0 radical (unpaired) electrons. The molecule has 3 heteroatoms. The maximum atomic E-state index is 10.8. The van der Waals surface area contributed by atoms with E-state index in [1.54, 1.807) is 6.20 Å². The summed E-state index contributed by atoms with van der Waals surface area (Å²) in [5.74, 6) is 0. The lowest BCUT2D eigenvalue weighted by Gasteiger charge is -2.32. The number of aromatic nitrogens is 1. The van der Waals surface area contributed by atoms with Crippen LogP contribution in [0.3, 0.4) is 0 Å². The zero-order chi connectivity index (χ0) is 9.80. The number of nitrogens with zero attached hydrogens (tertiary/aromatic N) is 2. The summed E-state index contributed by atoms with van der Waals surface area (Å²) in [6.45, 7) is 0.866. The molecule has 14 heavy (non-hydrogen) atoms. The Bertz CT molecular complexity index is 299. The maximum absolute atomic E-state index is 10.8. The zero-order valence-corrected chi connectivity index (χ0v) is 8.10. The Morgan fingerprint density at radius 3 is 3.07 bits per heavy atom. The van der Waals surface area contributed by atoms with Gasteiger partial charge in [-0.15, -0.1) is 0 Å². The van der Waals surface area contributed by atoms with Gasteiger partial charge in [-0.05, 0) is 31.4 Å². The van der Waals surface area contributed by atoms with Gasteiger partial charge < -0.3 is 4.90 Å². The van der Waals surface area contributed by atoms with E-state index in [0.29, 0.717) is 0 Å². The molecule has 1 saturated heterocycles. The van der Waals surface area contributed by atoms with E-state index in [1.807, 2.05) is 23.1 Å². The van der Waals surface area contributed by atoms with Gasteiger partial charge in [0, 0.05) is 12.7 Å². The summed E-state index contributed by atoms with van der Waals surface area (Å²) in [5, 5.41) is 0. The molecular weight excluding hydrogens is 176 g/mol. The van der Waals surface area contributed by atoms with Crippen molar-refractivity contribution >= 4 is 6.41 Å². The molecule has 0 aromatic carbocycles. The molecular formula is C11H14N2O. The normalized spacial score (nSPS) is 22.0. The van der Waals surface area contributed by atoms with E-state index in [9.17, 15) is 4.79 Å². The molecule has 0 spiro atoms. The summed E-state index contributed by atoms with van der Waals surface area (Å²) in [4.78, 5) is 17.0. The van der Waals surface area contributed by atoms with Crippen molar-refractivity contribution < 1.29 is 4.79 Å². The van der Waals surface area contributed by atoms with Gasteiger partial charge in [0.25, 0.3) is 0 Å². The van der Waals surface area contributed by atoms with Crippen LogP contribution in [-0.2, 0) is 4.79 Å². The van der Waals surface area contributed by atoms with E-state index in [-0.39, 0.29) is 6.04 Å². The average molecular weight is 190 g/mol. The van der Waals surface area contributed by atoms with Crippen LogP contribution in [0.15, 0.2) is 24.4 Å². The van der Waals surface area contributed by atoms with Crippen molar-refractivity contribution in [2.75, 3.05) is 6.54 Å². The molecule has 1 atom stereocenters. The van der Waals surface area contributed by atoms with Gasteiger partial charge in [-0.3, -0.25) is 9.78 Å². The highest BCUT2D eigenvalue weighted by Gasteiger charge is 2.22. The predicted octanol–water partition coefficient (Wildman–Crippen LogP) is 1.76. The van der Waals surface area contributed by atoms with E-state index >= 15 is 0 Å². The highest BCUT2D eigenvalue weighted by molar-refractivity contribution is 5.48. The lowest BCUT2D eigenvalue weighted by atomic mass is 10.00. The molecule has 1 unspecified atom stereocenters. The summed E-state index contributed by atoms with van der Waals surface area (Å²) in [5.41, 5.74) is 1.01. The van der Waals surface area contributed by atoms with Crippen LogP contribution >= 0.6 is 0 Å². The Morgan fingerprint density at radius 2 is 2.36 bits per heavy atom. The van der Waals surface area contributed by atoms with Crippen LogP contribution in [-0.4, -0.2) is 22.8 Å². The third-order valence-corrected chi connectivity index (χ3v) is 2.71. The molecule has 1 aliphatic rings. The molecule has 2 heterocycles. The summed E-state index contributed by atoms with van der Waals surface area (Å²) >= 11 is 0. The van der Waals surface area contributed by atoms with Crippen molar-refractivity contribution in [3.05, 3.63) is 30.1 Å². The quantitative estimate of drug-likeness (QED) is 0.666. The fraction of sp³-hybridized carbons (Fsp3) is 0.455. The van der Waals surface area contributed by atoms with Gasteiger partial charge in [-0.1, -0.05) is 6.07 Å². The molecule has 1 aliphatic heterocycles. The highest BCUT2D eigenvalue weighted by Crippen LogP contribution is 2.27. The molecule has 0 saturated carbocycles. The van der Waals surface area contributed by atoms with E-state index in [1.165, 1.54) is 6.42 Å². The van der Waals surface area contributed by atoms with Gasteiger partial charge in [-0.2, -0.15) is 0 Å². The maximum Gasteiger partial charge on any atom is 0.210 e. The second kappa shape index (κ2) is 4.22. The van der Waals surface area contributed by atoms with Crippen molar-refractivity contribution in [3.63, 3.8) is 0 Å². The first-order valence-electron chi connectivity index (χ1n) is 5.04. The number of pyridine rings is 1. The molecule has 74 valence electrons. The Morgan fingerprint density at radius 1 is 1.43 bits per heavy atom. The SMILES string of the molecule is O=CN1CCCCC1c1ccccn1. The number of piperidine rings is 1. The first kappa shape index (κ1) is 9.19. The number of rotatable bonds is 2. The minimum absolute atomic E-state index is 0.197. The molecule has 0 aliphatic carbocycles. The topological polar surface area (TPSA) is 33.2 Å². The van der Waals surface area contributed by atoms with Crippen LogP contribution in [0.2, 0.25) is 0 Å². The molecule has 1 fully saturated rings. The van der Waals surface area contributed by atoms with Crippen molar-refractivity contribution in [1.29, 1.82) is 0 Å². The third kappa shape index (κ3) is 1.76. The Kier molecular flexibility index (Phi) is 2.77. The standard InChI is InChI=1S/C11H14N2O/c14-9-13-8-4-2-6-11(13)10-5-1-3-7-12-10/h1,3,5,7,9,11H,2,4,6,8H2. The third-order valence-electron chi connectivity index (χ3n) is 2.71. The number of hydrogen-bond donors (Lipinski definition) is 0. The largest absolute Gasteiger partial charge is 0.337 e. The Balaban J connectivity index is 2.19. The molecule has 1 aromatic rings. The van der Waals surface area contributed by atoms with Crippen LogP contribution in [0.5, 0.6) is 0 Å². The fourth-order valence-corrected chi connectivity index (χ4v) is 1.97. The van der Waals surface area contributed by atoms with Crippen LogP contribution < -0.4 is 0 Å². The van der Waals surface area contributed by atoms with Gasteiger partial charge in [0.15, 0.2) is 0 Å². The van der Waals surface area contributed by atoms with Gasteiger partial charge in [0.2, 0.25) is 6.41 Å². The zero-order valence-electron chi connectivity index (χ0n) is 8.10. The number of likely N-dealkylation sites (tertiary alicyclic amines) is 1. The number of carbonyl (C=O) groups excluding carboxylic acids is 1. The van der Waals surface area contributed by atoms with Crippen LogP contribution in [0, 0.1) is 0 Å². The molecule has 0 N–H and O–H groups in total. The first-order valence-corrected chi connectivity index (χ1v) is 5.04. The molecule has 1 amide bonds.